The first-order chi connectivity index (χ1) is 10.2. The maximum Gasteiger partial charge on any atom is 0.338 e. The molecule has 2 aliphatic rings. The van der Waals surface area contributed by atoms with Gasteiger partial charge in [0.1, 0.15) is 11.9 Å². The molecule has 1 unspecified atom stereocenters. The van der Waals surface area contributed by atoms with Crippen molar-refractivity contribution in [3.05, 3.63) is 29.8 Å². The number of esters is 1. The number of hydrogen-bond donors (Lipinski definition) is 0. The summed E-state index contributed by atoms with van der Waals surface area (Å²) in [5.41, 5.74) is 0.653. The van der Waals surface area contributed by atoms with E-state index in [0.717, 1.165) is 38.0 Å². The second-order valence-corrected chi connectivity index (χ2v) is 5.86. The minimum Gasteiger partial charge on any atom is -0.490 e. The third kappa shape index (κ3) is 3.21. The van der Waals surface area contributed by atoms with Crippen molar-refractivity contribution >= 4 is 5.97 Å². The molecule has 2 fully saturated rings. The molecule has 4 heteroatoms. The van der Waals surface area contributed by atoms with E-state index in [1.807, 2.05) is 12.1 Å². The largest absolute Gasteiger partial charge is 0.490 e. The molecule has 4 nitrogen and oxygen atoms in total. The van der Waals surface area contributed by atoms with Crippen molar-refractivity contribution in [2.45, 2.75) is 50.7 Å². The average molecular weight is 290 g/mol. The predicted octanol–water partition coefficient (Wildman–Crippen LogP) is 3.34. The molecule has 1 saturated heterocycles. The van der Waals surface area contributed by atoms with E-state index in [1.54, 1.807) is 19.1 Å². The van der Waals surface area contributed by atoms with Crippen LogP contribution in [0.5, 0.6) is 5.75 Å². The van der Waals surface area contributed by atoms with Crippen molar-refractivity contribution in [1.29, 1.82) is 0 Å². The van der Waals surface area contributed by atoms with Gasteiger partial charge in [-0.3, -0.25) is 0 Å². The minimum atomic E-state index is -0.288. The van der Waals surface area contributed by atoms with Crippen LogP contribution in [0.15, 0.2) is 24.3 Å². The maximum atomic E-state index is 11.6. The Balaban J connectivity index is 1.58. The third-order valence-corrected chi connectivity index (χ3v) is 4.38. The molecule has 1 heterocycles. The molecule has 1 aromatic rings. The van der Waals surface area contributed by atoms with E-state index in [2.05, 4.69) is 0 Å². The van der Waals surface area contributed by atoms with Crippen LogP contribution in [-0.4, -0.2) is 30.9 Å². The van der Waals surface area contributed by atoms with E-state index < -0.39 is 0 Å². The van der Waals surface area contributed by atoms with Crippen LogP contribution >= 0.6 is 0 Å². The van der Waals surface area contributed by atoms with Crippen LogP contribution < -0.4 is 4.74 Å². The molecule has 21 heavy (non-hydrogen) atoms. The molecule has 0 bridgehead atoms. The van der Waals surface area contributed by atoms with E-state index >= 15 is 0 Å². The van der Waals surface area contributed by atoms with Crippen LogP contribution in [0, 0.1) is 0 Å². The second-order valence-electron chi connectivity index (χ2n) is 5.86. The van der Waals surface area contributed by atoms with Gasteiger partial charge in [-0.2, -0.15) is 0 Å². The SMILES string of the molecule is CCOC(=O)c1ccc(OC2CCOC3(CCC3)C2)cc1. The van der Waals surface area contributed by atoms with Gasteiger partial charge in [0.15, 0.2) is 0 Å². The first-order valence-electron chi connectivity index (χ1n) is 7.79. The van der Waals surface area contributed by atoms with Crippen LogP contribution in [0.2, 0.25) is 0 Å². The van der Waals surface area contributed by atoms with Gasteiger partial charge in [-0.25, -0.2) is 4.79 Å². The van der Waals surface area contributed by atoms with E-state index in [4.69, 9.17) is 14.2 Å². The lowest BCUT2D eigenvalue weighted by atomic mass is 9.74. The lowest BCUT2D eigenvalue weighted by Gasteiger charge is -2.46. The molecule has 114 valence electrons. The summed E-state index contributed by atoms with van der Waals surface area (Å²) in [6, 6.07) is 7.20. The van der Waals surface area contributed by atoms with E-state index in [9.17, 15) is 4.79 Å². The number of ether oxygens (including phenoxy) is 3. The molecule has 1 aromatic carbocycles. The van der Waals surface area contributed by atoms with Gasteiger partial charge in [0.25, 0.3) is 0 Å². The molecule has 0 radical (unpaired) electrons. The van der Waals surface area contributed by atoms with Crippen molar-refractivity contribution in [2.75, 3.05) is 13.2 Å². The van der Waals surface area contributed by atoms with E-state index in [1.165, 1.54) is 6.42 Å². The summed E-state index contributed by atoms with van der Waals surface area (Å²) in [6.07, 6.45) is 5.71. The number of rotatable bonds is 4. The van der Waals surface area contributed by atoms with Gasteiger partial charge in [0, 0.05) is 12.8 Å². The Morgan fingerprint density at radius 1 is 1.33 bits per heavy atom. The first-order valence-corrected chi connectivity index (χ1v) is 7.79. The Morgan fingerprint density at radius 2 is 2.10 bits per heavy atom. The summed E-state index contributed by atoms with van der Waals surface area (Å²) in [4.78, 5) is 11.6. The highest BCUT2D eigenvalue weighted by atomic mass is 16.5. The molecular formula is C17H22O4. The summed E-state index contributed by atoms with van der Waals surface area (Å²) in [5, 5.41) is 0. The molecule has 0 aromatic heterocycles. The highest BCUT2D eigenvalue weighted by Crippen LogP contribution is 2.43. The van der Waals surface area contributed by atoms with Crippen molar-refractivity contribution in [2.24, 2.45) is 0 Å². The van der Waals surface area contributed by atoms with Gasteiger partial charge in [0.2, 0.25) is 0 Å². The molecule has 1 aliphatic heterocycles. The smallest absolute Gasteiger partial charge is 0.338 e. The van der Waals surface area contributed by atoms with Crippen molar-refractivity contribution in [3.63, 3.8) is 0 Å². The zero-order valence-electron chi connectivity index (χ0n) is 12.5. The fourth-order valence-electron chi connectivity index (χ4n) is 3.08. The molecule has 1 saturated carbocycles. The fourth-order valence-corrected chi connectivity index (χ4v) is 3.08. The molecule has 1 spiro atoms. The molecule has 3 rings (SSSR count). The van der Waals surface area contributed by atoms with Gasteiger partial charge in [-0.1, -0.05) is 0 Å². The van der Waals surface area contributed by atoms with Crippen LogP contribution in [0.4, 0.5) is 0 Å². The summed E-state index contributed by atoms with van der Waals surface area (Å²) >= 11 is 0. The zero-order chi connectivity index (χ0) is 14.7. The average Bonchev–Trinajstić information content (AvgIpc) is 2.47. The summed E-state index contributed by atoms with van der Waals surface area (Å²) in [5.74, 6) is 0.521. The molecule has 0 N–H and O–H groups in total. The Kier molecular flexibility index (Phi) is 4.15. The van der Waals surface area contributed by atoms with Gasteiger partial charge < -0.3 is 14.2 Å². The first kappa shape index (κ1) is 14.4. The van der Waals surface area contributed by atoms with E-state index in [0.29, 0.717) is 12.2 Å². The number of carbonyl (C=O) groups excluding carboxylic acids is 1. The van der Waals surface area contributed by atoms with E-state index in [-0.39, 0.29) is 17.7 Å². The predicted molar refractivity (Wildman–Crippen MR) is 78.6 cm³/mol. The van der Waals surface area contributed by atoms with Crippen molar-refractivity contribution < 1.29 is 19.0 Å². The Hall–Kier alpha value is -1.55. The number of carbonyl (C=O) groups is 1. The Bertz CT molecular complexity index is 490. The molecule has 1 atom stereocenters. The normalized spacial score (nSPS) is 23.4. The third-order valence-electron chi connectivity index (χ3n) is 4.38. The maximum absolute atomic E-state index is 11.6. The number of hydrogen-bond acceptors (Lipinski definition) is 4. The van der Waals surface area contributed by atoms with Crippen LogP contribution in [0.1, 0.15) is 49.4 Å². The fraction of sp³-hybridized carbons (Fsp3) is 0.588. The van der Waals surface area contributed by atoms with Crippen LogP contribution in [-0.2, 0) is 9.47 Å². The van der Waals surface area contributed by atoms with Gasteiger partial charge in [-0.05, 0) is 50.5 Å². The molecule has 1 aliphatic carbocycles. The van der Waals surface area contributed by atoms with Gasteiger partial charge in [-0.15, -0.1) is 0 Å². The second kappa shape index (κ2) is 6.06. The standard InChI is InChI=1S/C17H22O4/c1-2-19-16(18)13-4-6-14(7-5-13)21-15-8-11-20-17(12-15)9-3-10-17/h4-7,15H,2-3,8-12H2,1H3. The Morgan fingerprint density at radius 3 is 2.71 bits per heavy atom. The van der Waals surface area contributed by atoms with Crippen LogP contribution in [0.25, 0.3) is 0 Å². The minimum absolute atomic E-state index is 0.0911. The highest BCUT2D eigenvalue weighted by Gasteiger charge is 2.43. The number of benzene rings is 1. The molecular weight excluding hydrogens is 268 g/mol. The summed E-state index contributed by atoms with van der Waals surface area (Å²) < 4.78 is 16.9. The van der Waals surface area contributed by atoms with Crippen LogP contribution in [0.3, 0.4) is 0 Å². The lowest BCUT2D eigenvalue weighted by molar-refractivity contribution is -0.153. The molecule has 0 amide bonds. The Labute approximate surface area is 125 Å². The van der Waals surface area contributed by atoms with Crippen molar-refractivity contribution in [3.8, 4) is 5.75 Å². The summed E-state index contributed by atoms with van der Waals surface area (Å²) in [7, 11) is 0. The zero-order valence-corrected chi connectivity index (χ0v) is 12.5. The highest BCUT2D eigenvalue weighted by molar-refractivity contribution is 5.89. The quantitative estimate of drug-likeness (QED) is 0.798. The monoisotopic (exact) mass is 290 g/mol. The van der Waals surface area contributed by atoms with Crippen molar-refractivity contribution in [1.82, 2.24) is 0 Å². The topological polar surface area (TPSA) is 44.8 Å². The van der Waals surface area contributed by atoms with Gasteiger partial charge in [0.05, 0.1) is 24.4 Å². The van der Waals surface area contributed by atoms with Gasteiger partial charge >= 0.3 is 5.97 Å². The lowest BCUT2D eigenvalue weighted by Crippen LogP contribution is -2.48. The summed E-state index contributed by atoms with van der Waals surface area (Å²) in [6.45, 7) is 2.98.